The Kier molecular flexibility index (Phi) is 8.24. The number of carbonyl (C=O) groups is 6. The maximum Gasteiger partial charge on any atom is 0.318 e. The second kappa shape index (κ2) is 10.2. The summed E-state index contributed by atoms with van der Waals surface area (Å²) in [6.07, 6.45) is -2.02. The van der Waals surface area contributed by atoms with Crippen molar-refractivity contribution in [1.29, 1.82) is 0 Å². The highest BCUT2D eigenvalue weighted by Crippen LogP contribution is 2.27. The maximum absolute atomic E-state index is 11.4. The number of carboxylic acid groups (broad SMARTS) is 6. The van der Waals surface area contributed by atoms with E-state index in [0.29, 0.717) is 5.56 Å². The highest BCUT2D eigenvalue weighted by molar-refractivity contribution is 5.95. The Bertz CT molecular complexity index is 835. The lowest BCUT2D eigenvalue weighted by Crippen LogP contribution is -2.30. The van der Waals surface area contributed by atoms with Crippen LogP contribution in [0.5, 0.6) is 0 Å². The van der Waals surface area contributed by atoms with Gasteiger partial charge in [-0.3, -0.25) is 28.8 Å². The van der Waals surface area contributed by atoms with Gasteiger partial charge in [0.05, 0.1) is 0 Å². The minimum absolute atomic E-state index is 0.0215. The fourth-order valence-electron chi connectivity index (χ4n) is 3.08. The fourth-order valence-corrected chi connectivity index (χ4v) is 3.08. The molecule has 6 N–H and O–H groups in total. The summed E-state index contributed by atoms with van der Waals surface area (Å²) in [6, 6.07) is 2.66. The van der Waals surface area contributed by atoms with E-state index in [4.69, 9.17) is 20.4 Å². The zero-order valence-electron chi connectivity index (χ0n) is 16.1. The van der Waals surface area contributed by atoms with Crippen LogP contribution in [0.15, 0.2) is 12.1 Å². The third-order valence-electron chi connectivity index (χ3n) is 4.62. The zero-order valence-corrected chi connectivity index (χ0v) is 16.1. The standard InChI is InChI=1S/C19H20O12/c1-7-2-8(4-11(14(20)21)15(22)23)10(6-13(18(28)29)19(30)31)9(3-7)5-12(16(24)25)17(26)27/h2-3,11-13H,4-6H2,1H3,(H,20,21)(H,22,23)(H,24,25)(H,26,27)(H,28,29)(H,30,31). The van der Waals surface area contributed by atoms with Crippen molar-refractivity contribution in [2.45, 2.75) is 26.2 Å². The molecule has 12 heteroatoms. The van der Waals surface area contributed by atoms with Crippen molar-refractivity contribution in [2.24, 2.45) is 17.8 Å². The van der Waals surface area contributed by atoms with Gasteiger partial charge < -0.3 is 30.6 Å². The number of aryl methyl sites for hydroxylation is 1. The van der Waals surface area contributed by atoms with E-state index in [9.17, 15) is 39.0 Å². The Morgan fingerprint density at radius 1 is 0.581 bits per heavy atom. The van der Waals surface area contributed by atoms with E-state index >= 15 is 0 Å². The van der Waals surface area contributed by atoms with Gasteiger partial charge in [-0.25, -0.2) is 0 Å². The van der Waals surface area contributed by atoms with Gasteiger partial charge in [-0.2, -0.15) is 0 Å². The van der Waals surface area contributed by atoms with Crippen molar-refractivity contribution in [2.75, 3.05) is 0 Å². The molecular weight excluding hydrogens is 420 g/mol. The molecule has 0 bridgehead atoms. The van der Waals surface area contributed by atoms with E-state index in [0.717, 1.165) is 0 Å². The summed E-state index contributed by atoms with van der Waals surface area (Å²) in [6.45, 7) is 1.50. The zero-order chi connectivity index (χ0) is 24.0. The van der Waals surface area contributed by atoms with E-state index in [1.165, 1.54) is 19.1 Å². The molecular formula is C19H20O12. The summed E-state index contributed by atoms with van der Waals surface area (Å²) in [4.78, 5) is 67.9. The fraction of sp³-hybridized carbons (Fsp3) is 0.368. The summed E-state index contributed by atoms with van der Waals surface area (Å²) in [5.74, 6) is -16.1. The SMILES string of the molecule is Cc1cc(CC(C(=O)O)C(=O)O)c(CC(C(=O)O)C(=O)O)c(CC(C(=O)O)C(=O)O)c1. The number of carboxylic acids is 6. The minimum Gasteiger partial charge on any atom is -0.481 e. The highest BCUT2D eigenvalue weighted by Gasteiger charge is 2.33. The van der Waals surface area contributed by atoms with Crippen LogP contribution in [0, 0.1) is 24.7 Å². The molecule has 168 valence electrons. The molecule has 1 rings (SSSR count). The molecule has 0 atom stereocenters. The van der Waals surface area contributed by atoms with Crippen LogP contribution in [0.3, 0.4) is 0 Å². The van der Waals surface area contributed by atoms with Crippen LogP contribution in [-0.4, -0.2) is 66.5 Å². The Hall–Kier alpha value is -3.96. The van der Waals surface area contributed by atoms with Crippen molar-refractivity contribution < 1.29 is 59.4 Å². The minimum atomic E-state index is -2.01. The average molecular weight is 440 g/mol. The van der Waals surface area contributed by atoms with Crippen molar-refractivity contribution in [3.8, 4) is 0 Å². The Labute approximate surface area is 174 Å². The number of hydrogen-bond acceptors (Lipinski definition) is 6. The quantitative estimate of drug-likeness (QED) is 0.236. The van der Waals surface area contributed by atoms with Crippen LogP contribution in [-0.2, 0) is 48.0 Å². The van der Waals surface area contributed by atoms with Crippen molar-refractivity contribution >= 4 is 35.8 Å². The lowest BCUT2D eigenvalue weighted by molar-refractivity contribution is -0.156. The largest absolute Gasteiger partial charge is 0.481 e. The molecule has 0 aliphatic heterocycles. The van der Waals surface area contributed by atoms with Crippen LogP contribution in [0.1, 0.15) is 22.3 Å². The summed E-state index contributed by atoms with van der Waals surface area (Å²) in [5, 5.41) is 55.0. The van der Waals surface area contributed by atoms with Gasteiger partial charge >= 0.3 is 35.8 Å². The summed E-state index contributed by atoms with van der Waals surface area (Å²) < 4.78 is 0. The number of benzene rings is 1. The molecule has 12 nitrogen and oxygen atoms in total. The predicted octanol–water partition coefficient (Wildman–Crippen LogP) is -0.0213. The molecule has 0 aromatic heterocycles. The molecule has 0 radical (unpaired) electrons. The molecule has 0 aliphatic rings. The number of rotatable bonds is 12. The lowest BCUT2D eigenvalue weighted by atomic mass is 9.83. The van der Waals surface area contributed by atoms with Gasteiger partial charge in [-0.05, 0) is 42.9 Å². The molecule has 0 aliphatic carbocycles. The molecule has 1 aromatic carbocycles. The molecule has 0 unspecified atom stereocenters. The third kappa shape index (κ3) is 6.52. The van der Waals surface area contributed by atoms with Gasteiger partial charge in [0.2, 0.25) is 0 Å². The van der Waals surface area contributed by atoms with Gasteiger partial charge in [-0.1, -0.05) is 17.7 Å². The monoisotopic (exact) mass is 440 g/mol. The van der Waals surface area contributed by atoms with Crippen LogP contribution in [0.2, 0.25) is 0 Å². The molecule has 1 aromatic rings. The van der Waals surface area contributed by atoms with E-state index < -0.39 is 72.8 Å². The van der Waals surface area contributed by atoms with E-state index in [2.05, 4.69) is 0 Å². The normalized spacial score (nSPS) is 11.0. The van der Waals surface area contributed by atoms with Gasteiger partial charge in [0, 0.05) is 0 Å². The Balaban J connectivity index is 3.69. The third-order valence-corrected chi connectivity index (χ3v) is 4.62. The first-order valence-corrected chi connectivity index (χ1v) is 8.74. The Morgan fingerprint density at radius 2 is 0.839 bits per heavy atom. The summed E-state index contributed by atoms with van der Waals surface area (Å²) in [5.41, 5.74) is 0.235. The summed E-state index contributed by atoms with van der Waals surface area (Å²) >= 11 is 0. The molecule has 31 heavy (non-hydrogen) atoms. The molecule has 0 saturated carbocycles. The molecule has 0 amide bonds. The topological polar surface area (TPSA) is 224 Å². The molecule has 0 saturated heterocycles. The summed E-state index contributed by atoms with van der Waals surface area (Å²) in [7, 11) is 0. The molecule has 0 spiro atoms. The smallest absolute Gasteiger partial charge is 0.318 e. The van der Waals surface area contributed by atoms with Crippen molar-refractivity contribution in [3.05, 3.63) is 34.4 Å². The van der Waals surface area contributed by atoms with Gasteiger partial charge in [-0.15, -0.1) is 0 Å². The van der Waals surface area contributed by atoms with Crippen molar-refractivity contribution in [3.63, 3.8) is 0 Å². The average Bonchev–Trinajstić information content (AvgIpc) is 2.61. The van der Waals surface area contributed by atoms with E-state index in [1.807, 2.05) is 0 Å². The van der Waals surface area contributed by atoms with Crippen LogP contribution in [0.4, 0.5) is 0 Å². The molecule has 0 fully saturated rings. The van der Waals surface area contributed by atoms with Crippen LogP contribution in [0.25, 0.3) is 0 Å². The van der Waals surface area contributed by atoms with Gasteiger partial charge in [0.15, 0.2) is 17.8 Å². The van der Waals surface area contributed by atoms with Crippen molar-refractivity contribution in [1.82, 2.24) is 0 Å². The number of aliphatic carboxylic acids is 6. The first-order chi connectivity index (χ1) is 14.3. The molecule has 0 heterocycles. The van der Waals surface area contributed by atoms with E-state index in [1.54, 1.807) is 0 Å². The number of hydrogen-bond donors (Lipinski definition) is 6. The lowest BCUT2D eigenvalue weighted by Gasteiger charge is -2.20. The maximum atomic E-state index is 11.4. The van der Waals surface area contributed by atoms with Crippen LogP contribution >= 0.6 is 0 Å². The first kappa shape index (κ1) is 25.1. The second-order valence-electron chi connectivity index (χ2n) is 6.86. The van der Waals surface area contributed by atoms with Crippen LogP contribution < -0.4 is 0 Å². The van der Waals surface area contributed by atoms with E-state index in [-0.39, 0.29) is 16.7 Å². The highest BCUT2D eigenvalue weighted by atomic mass is 16.4. The second-order valence-corrected chi connectivity index (χ2v) is 6.86. The Morgan fingerprint density at radius 3 is 1.10 bits per heavy atom. The first-order valence-electron chi connectivity index (χ1n) is 8.74. The predicted molar refractivity (Wildman–Crippen MR) is 98.6 cm³/mol. The van der Waals surface area contributed by atoms with Gasteiger partial charge in [0.1, 0.15) is 0 Å². The van der Waals surface area contributed by atoms with Gasteiger partial charge in [0.25, 0.3) is 0 Å².